The number of benzene rings is 2. The summed E-state index contributed by atoms with van der Waals surface area (Å²) in [5, 5.41) is 16.5. The van der Waals surface area contributed by atoms with Gasteiger partial charge < -0.3 is 10.4 Å². The van der Waals surface area contributed by atoms with Gasteiger partial charge in [0.2, 0.25) is 5.91 Å². The van der Waals surface area contributed by atoms with Crippen LogP contribution in [0.2, 0.25) is 0 Å². The number of carboxylic acids is 1. The predicted molar refractivity (Wildman–Crippen MR) is 112 cm³/mol. The van der Waals surface area contributed by atoms with Crippen molar-refractivity contribution in [2.75, 3.05) is 5.32 Å². The number of carbonyl (C=O) groups is 2. The molecule has 2 heterocycles. The van der Waals surface area contributed by atoms with E-state index in [2.05, 4.69) is 34.5 Å². The van der Waals surface area contributed by atoms with Crippen molar-refractivity contribution in [2.45, 2.75) is 19.9 Å². The number of carboxylic acid groups (broad SMARTS) is 1. The normalized spacial score (nSPS) is 10.9. The van der Waals surface area contributed by atoms with E-state index in [1.54, 1.807) is 17.5 Å². The summed E-state index contributed by atoms with van der Waals surface area (Å²) in [6, 6.07) is 15.2. The zero-order valence-electron chi connectivity index (χ0n) is 15.6. The van der Waals surface area contributed by atoms with Crippen LogP contribution in [0.25, 0.3) is 20.8 Å². The van der Waals surface area contributed by atoms with Gasteiger partial charge in [-0.1, -0.05) is 6.07 Å². The van der Waals surface area contributed by atoms with Gasteiger partial charge in [-0.2, -0.15) is 5.10 Å². The van der Waals surface area contributed by atoms with Gasteiger partial charge in [-0.3, -0.25) is 9.48 Å². The van der Waals surface area contributed by atoms with Gasteiger partial charge in [0, 0.05) is 30.4 Å². The van der Waals surface area contributed by atoms with Crippen LogP contribution in [-0.4, -0.2) is 31.7 Å². The molecule has 2 aromatic heterocycles. The number of hydrogen-bond donors (Lipinski definition) is 2. The Bertz CT molecular complexity index is 1190. The molecule has 4 rings (SSSR count). The van der Waals surface area contributed by atoms with Crippen LogP contribution in [0.1, 0.15) is 22.5 Å². The first kappa shape index (κ1) is 18.8. The fourth-order valence-corrected chi connectivity index (χ4v) is 3.96. The number of thiazole rings is 1. The van der Waals surface area contributed by atoms with Crippen LogP contribution >= 0.6 is 11.3 Å². The summed E-state index contributed by atoms with van der Waals surface area (Å²) in [6.45, 7) is 2.37. The molecule has 7 nitrogen and oxygen atoms in total. The molecule has 1 amide bonds. The zero-order chi connectivity index (χ0) is 20.4. The molecule has 2 N–H and O–H groups in total. The lowest BCUT2D eigenvalue weighted by Gasteiger charge is -2.06. The second kappa shape index (κ2) is 7.84. The third-order valence-corrected chi connectivity index (χ3v) is 5.45. The molecular formula is C21H18N4O3S. The van der Waals surface area contributed by atoms with Crippen molar-refractivity contribution < 1.29 is 14.7 Å². The topological polar surface area (TPSA) is 97.1 Å². The molecule has 0 unspecified atom stereocenters. The third kappa shape index (κ3) is 4.33. The fourth-order valence-electron chi connectivity index (χ4n) is 2.89. The van der Waals surface area contributed by atoms with Crippen LogP contribution in [-0.2, 0) is 11.3 Å². The highest BCUT2D eigenvalue weighted by atomic mass is 32.1. The van der Waals surface area contributed by atoms with E-state index in [1.807, 2.05) is 30.3 Å². The highest BCUT2D eigenvalue weighted by molar-refractivity contribution is 7.21. The molecule has 4 aromatic rings. The Morgan fingerprint density at radius 3 is 2.66 bits per heavy atom. The average Bonchev–Trinajstić information content (AvgIpc) is 3.33. The molecule has 0 atom stereocenters. The Labute approximate surface area is 170 Å². The van der Waals surface area contributed by atoms with Crippen molar-refractivity contribution in [3.63, 3.8) is 0 Å². The second-order valence-corrected chi connectivity index (χ2v) is 7.67. The quantitative estimate of drug-likeness (QED) is 0.500. The summed E-state index contributed by atoms with van der Waals surface area (Å²) in [4.78, 5) is 27.7. The van der Waals surface area contributed by atoms with Gasteiger partial charge in [-0.15, -0.1) is 11.3 Å². The monoisotopic (exact) mass is 406 g/mol. The Balaban J connectivity index is 1.38. The van der Waals surface area contributed by atoms with Crippen LogP contribution in [0.15, 0.2) is 54.7 Å². The summed E-state index contributed by atoms with van der Waals surface area (Å²) in [6.07, 6.45) is 1.74. The number of carbonyl (C=O) groups excluding carboxylic acids is 1. The second-order valence-electron chi connectivity index (χ2n) is 6.63. The number of aryl methyl sites for hydroxylation is 2. The SMILES string of the molecule is Cc1ccc2nc(-c3ccc(NC(=O)CCn4ccc(C(=O)O)n4)cc3)sc2c1. The van der Waals surface area contributed by atoms with E-state index in [4.69, 9.17) is 5.11 Å². The van der Waals surface area contributed by atoms with Crippen LogP contribution in [0, 0.1) is 6.92 Å². The predicted octanol–water partition coefficient (Wildman–Crippen LogP) is 4.20. The Morgan fingerprint density at radius 1 is 1.14 bits per heavy atom. The van der Waals surface area contributed by atoms with Crippen molar-refractivity contribution >= 4 is 39.1 Å². The summed E-state index contributed by atoms with van der Waals surface area (Å²) in [7, 11) is 0. The number of aromatic nitrogens is 3. The van der Waals surface area contributed by atoms with Crippen LogP contribution in [0.3, 0.4) is 0 Å². The van der Waals surface area contributed by atoms with Gasteiger partial charge in [-0.25, -0.2) is 9.78 Å². The molecule has 0 saturated heterocycles. The molecule has 0 saturated carbocycles. The van der Waals surface area contributed by atoms with Gasteiger partial charge >= 0.3 is 5.97 Å². The molecule has 2 aromatic carbocycles. The van der Waals surface area contributed by atoms with Gasteiger partial charge in [0.25, 0.3) is 0 Å². The molecule has 0 bridgehead atoms. The molecule has 29 heavy (non-hydrogen) atoms. The number of hydrogen-bond acceptors (Lipinski definition) is 5. The zero-order valence-corrected chi connectivity index (χ0v) is 16.4. The summed E-state index contributed by atoms with van der Waals surface area (Å²) >= 11 is 1.64. The molecule has 146 valence electrons. The summed E-state index contributed by atoms with van der Waals surface area (Å²) in [5.41, 5.74) is 3.85. The molecule has 0 radical (unpaired) electrons. The molecule has 8 heteroatoms. The van der Waals surface area contributed by atoms with Gasteiger partial charge in [0.05, 0.1) is 10.2 Å². The average molecular weight is 406 g/mol. The highest BCUT2D eigenvalue weighted by Crippen LogP contribution is 2.31. The molecule has 0 fully saturated rings. The standard InChI is InChI=1S/C21H18N4O3S/c1-13-2-7-16-18(12-13)29-20(23-16)14-3-5-15(6-4-14)22-19(26)9-11-25-10-8-17(24-25)21(27)28/h2-8,10,12H,9,11H2,1H3,(H,22,26)(H,27,28). The first-order valence-electron chi connectivity index (χ1n) is 9.02. The fraction of sp³-hybridized carbons (Fsp3) is 0.143. The van der Waals surface area contributed by atoms with E-state index in [0.29, 0.717) is 12.2 Å². The number of rotatable bonds is 6. The van der Waals surface area contributed by atoms with Crippen LogP contribution < -0.4 is 5.32 Å². The number of nitrogens with zero attached hydrogens (tertiary/aromatic N) is 3. The number of fused-ring (bicyclic) bond motifs is 1. The van der Waals surface area contributed by atoms with Gasteiger partial charge in [-0.05, 0) is 55.0 Å². The Morgan fingerprint density at radius 2 is 1.93 bits per heavy atom. The first-order chi connectivity index (χ1) is 14.0. The van der Waals surface area contributed by atoms with Crippen molar-refractivity contribution in [3.05, 3.63) is 66.0 Å². The lowest BCUT2D eigenvalue weighted by atomic mass is 10.2. The summed E-state index contributed by atoms with van der Waals surface area (Å²) in [5.74, 6) is -1.25. The molecule has 0 aliphatic carbocycles. The van der Waals surface area contributed by atoms with Gasteiger partial charge in [0.1, 0.15) is 5.01 Å². The van der Waals surface area contributed by atoms with E-state index in [-0.39, 0.29) is 18.0 Å². The Hall–Kier alpha value is -3.52. The maximum atomic E-state index is 12.2. The maximum Gasteiger partial charge on any atom is 0.356 e. The highest BCUT2D eigenvalue weighted by Gasteiger charge is 2.09. The smallest absolute Gasteiger partial charge is 0.356 e. The molecular weight excluding hydrogens is 388 g/mol. The number of amides is 1. The van der Waals surface area contributed by atoms with Crippen molar-refractivity contribution in [1.82, 2.24) is 14.8 Å². The minimum absolute atomic E-state index is 0.0361. The lowest BCUT2D eigenvalue weighted by Crippen LogP contribution is -2.15. The molecule has 0 aliphatic rings. The van der Waals surface area contributed by atoms with Crippen LogP contribution in [0.5, 0.6) is 0 Å². The minimum Gasteiger partial charge on any atom is -0.476 e. The lowest BCUT2D eigenvalue weighted by molar-refractivity contribution is -0.116. The molecule has 0 spiro atoms. The maximum absolute atomic E-state index is 12.2. The first-order valence-corrected chi connectivity index (χ1v) is 9.84. The van der Waals surface area contributed by atoms with Gasteiger partial charge in [0.15, 0.2) is 5.69 Å². The van der Waals surface area contributed by atoms with Crippen molar-refractivity contribution in [3.8, 4) is 10.6 Å². The Kier molecular flexibility index (Phi) is 5.09. The van der Waals surface area contributed by atoms with Crippen molar-refractivity contribution in [2.24, 2.45) is 0 Å². The number of anilines is 1. The minimum atomic E-state index is -1.09. The summed E-state index contributed by atoms with van der Waals surface area (Å²) < 4.78 is 2.60. The van der Waals surface area contributed by atoms with Crippen molar-refractivity contribution in [1.29, 1.82) is 0 Å². The van der Waals surface area contributed by atoms with E-state index >= 15 is 0 Å². The number of nitrogens with one attached hydrogen (secondary N) is 1. The third-order valence-electron chi connectivity index (χ3n) is 4.39. The van der Waals surface area contributed by atoms with E-state index < -0.39 is 5.97 Å². The largest absolute Gasteiger partial charge is 0.476 e. The van der Waals surface area contributed by atoms with E-state index in [9.17, 15) is 9.59 Å². The molecule has 0 aliphatic heterocycles. The van der Waals surface area contributed by atoms with E-state index in [0.717, 1.165) is 20.8 Å². The van der Waals surface area contributed by atoms with E-state index in [1.165, 1.54) is 16.3 Å². The van der Waals surface area contributed by atoms with Crippen LogP contribution in [0.4, 0.5) is 5.69 Å². The number of aromatic carboxylic acids is 1.